The van der Waals surface area contributed by atoms with Crippen molar-refractivity contribution in [1.82, 2.24) is 10.2 Å². The summed E-state index contributed by atoms with van der Waals surface area (Å²) >= 11 is 2.12. The lowest BCUT2D eigenvalue weighted by Crippen LogP contribution is -2.62. The standard InChI is InChI=1S/C18H34N2S/c1-3-15-12-19-16(14-8-5-4-6-9-14)13-20(15)17-10-7-11-18(17)21-2/h14-19H,3-13H2,1-2H3. The van der Waals surface area contributed by atoms with Crippen LogP contribution in [-0.4, -0.2) is 47.6 Å². The van der Waals surface area contributed by atoms with Crippen LogP contribution >= 0.6 is 11.8 Å². The maximum atomic E-state index is 3.93. The summed E-state index contributed by atoms with van der Waals surface area (Å²) in [7, 11) is 0. The van der Waals surface area contributed by atoms with Gasteiger partial charge in [0.15, 0.2) is 0 Å². The van der Waals surface area contributed by atoms with Gasteiger partial charge in [-0.1, -0.05) is 32.6 Å². The van der Waals surface area contributed by atoms with Gasteiger partial charge in [0.05, 0.1) is 0 Å². The minimum Gasteiger partial charge on any atom is -0.311 e. The highest BCUT2D eigenvalue weighted by Gasteiger charge is 2.39. The average molecular weight is 311 g/mol. The number of hydrogen-bond donors (Lipinski definition) is 1. The van der Waals surface area contributed by atoms with E-state index in [0.29, 0.717) is 0 Å². The maximum Gasteiger partial charge on any atom is 0.0224 e. The number of rotatable bonds is 4. The second-order valence-corrected chi connectivity index (χ2v) is 8.52. The van der Waals surface area contributed by atoms with E-state index in [1.165, 1.54) is 70.9 Å². The highest BCUT2D eigenvalue weighted by atomic mass is 32.2. The number of piperazine rings is 1. The highest BCUT2D eigenvalue weighted by Crippen LogP contribution is 2.36. The van der Waals surface area contributed by atoms with Crippen molar-refractivity contribution in [3.8, 4) is 0 Å². The van der Waals surface area contributed by atoms with Crippen molar-refractivity contribution in [3.05, 3.63) is 0 Å². The lowest BCUT2D eigenvalue weighted by molar-refractivity contribution is 0.0596. The van der Waals surface area contributed by atoms with E-state index in [1.54, 1.807) is 0 Å². The smallest absolute Gasteiger partial charge is 0.0224 e. The lowest BCUT2D eigenvalue weighted by atomic mass is 9.82. The summed E-state index contributed by atoms with van der Waals surface area (Å²) in [6.45, 7) is 4.93. The van der Waals surface area contributed by atoms with E-state index < -0.39 is 0 Å². The predicted molar refractivity (Wildman–Crippen MR) is 94.1 cm³/mol. The summed E-state index contributed by atoms with van der Waals surface area (Å²) in [6, 6.07) is 2.41. The van der Waals surface area contributed by atoms with Gasteiger partial charge in [0.25, 0.3) is 0 Å². The molecule has 21 heavy (non-hydrogen) atoms. The minimum atomic E-state index is 0.774. The zero-order chi connectivity index (χ0) is 14.7. The van der Waals surface area contributed by atoms with Gasteiger partial charge in [-0.25, -0.2) is 0 Å². The molecule has 3 heteroatoms. The number of nitrogens with zero attached hydrogens (tertiary/aromatic N) is 1. The van der Waals surface area contributed by atoms with E-state index in [1.807, 2.05) is 0 Å². The SMILES string of the molecule is CCC1CNC(C2CCCCC2)CN1C1CCCC1SC. The van der Waals surface area contributed by atoms with E-state index >= 15 is 0 Å². The summed E-state index contributed by atoms with van der Waals surface area (Å²) in [5.41, 5.74) is 0. The van der Waals surface area contributed by atoms with Gasteiger partial charge in [-0.2, -0.15) is 11.8 Å². The van der Waals surface area contributed by atoms with Gasteiger partial charge in [0.2, 0.25) is 0 Å². The van der Waals surface area contributed by atoms with Gasteiger partial charge in [-0.3, -0.25) is 4.90 Å². The number of hydrogen-bond acceptors (Lipinski definition) is 3. The van der Waals surface area contributed by atoms with E-state index in [0.717, 1.165) is 29.3 Å². The molecule has 0 aromatic heterocycles. The normalized spacial score (nSPS) is 39.7. The quantitative estimate of drug-likeness (QED) is 0.848. The molecule has 0 aromatic carbocycles. The molecule has 0 amide bonds. The first kappa shape index (κ1) is 16.1. The molecule has 2 nitrogen and oxygen atoms in total. The summed E-state index contributed by atoms with van der Waals surface area (Å²) in [5.74, 6) is 0.952. The Labute approximate surface area is 135 Å². The molecule has 0 radical (unpaired) electrons. The summed E-state index contributed by atoms with van der Waals surface area (Å²) in [6.07, 6.45) is 15.3. The van der Waals surface area contributed by atoms with Crippen LogP contribution in [-0.2, 0) is 0 Å². The van der Waals surface area contributed by atoms with Crippen LogP contribution in [0.15, 0.2) is 0 Å². The van der Waals surface area contributed by atoms with Gasteiger partial charge in [-0.15, -0.1) is 0 Å². The largest absolute Gasteiger partial charge is 0.311 e. The van der Waals surface area contributed by atoms with E-state index in [2.05, 4.69) is 35.2 Å². The fourth-order valence-electron chi connectivity index (χ4n) is 5.04. The second kappa shape index (κ2) is 7.70. The van der Waals surface area contributed by atoms with Crippen LogP contribution in [0.1, 0.15) is 64.7 Å². The first-order chi connectivity index (χ1) is 10.3. The molecular weight excluding hydrogens is 276 g/mol. The Morgan fingerprint density at radius 1 is 1.05 bits per heavy atom. The Kier molecular flexibility index (Phi) is 5.92. The van der Waals surface area contributed by atoms with Crippen LogP contribution < -0.4 is 5.32 Å². The minimum absolute atomic E-state index is 0.774. The van der Waals surface area contributed by atoms with Crippen molar-refractivity contribution in [2.45, 2.75) is 88.1 Å². The van der Waals surface area contributed by atoms with Crippen LogP contribution in [0.5, 0.6) is 0 Å². The molecule has 1 saturated heterocycles. The average Bonchev–Trinajstić information content (AvgIpc) is 3.03. The first-order valence-corrected chi connectivity index (χ1v) is 10.6. The third-order valence-corrected chi connectivity index (χ3v) is 7.48. The predicted octanol–water partition coefficient (Wildman–Crippen LogP) is 3.90. The molecular formula is C18H34N2S. The van der Waals surface area contributed by atoms with Crippen molar-refractivity contribution in [3.63, 3.8) is 0 Å². The number of thioether (sulfide) groups is 1. The van der Waals surface area contributed by atoms with Crippen LogP contribution in [0.25, 0.3) is 0 Å². The Balaban J connectivity index is 1.66. The topological polar surface area (TPSA) is 15.3 Å². The van der Waals surface area contributed by atoms with E-state index in [-0.39, 0.29) is 0 Å². The van der Waals surface area contributed by atoms with Crippen molar-refractivity contribution in [2.75, 3.05) is 19.3 Å². The third-order valence-electron chi connectivity index (χ3n) is 6.33. The van der Waals surface area contributed by atoms with Gasteiger partial charge < -0.3 is 5.32 Å². The fraction of sp³-hybridized carbons (Fsp3) is 1.00. The lowest BCUT2D eigenvalue weighted by Gasteiger charge is -2.47. The van der Waals surface area contributed by atoms with Crippen molar-refractivity contribution >= 4 is 11.8 Å². The zero-order valence-electron chi connectivity index (χ0n) is 14.0. The Morgan fingerprint density at radius 2 is 1.86 bits per heavy atom. The van der Waals surface area contributed by atoms with Gasteiger partial charge in [0, 0.05) is 36.5 Å². The third kappa shape index (κ3) is 3.61. The fourth-order valence-corrected chi connectivity index (χ4v) is 6.05. The van der Waals surface area contributed by atoms with E-state index in [9.17, 15) is 0 Å². The molecule has 4 atom stereocenters. The monoisotopic (exact) mass is 310 g/mol. The van der Waals surface area contributed by atoms with Crippen molar-refractivity contribution in [1.29, 1.82) is 0 Å². The first-order valence-electron chi connectivity index (χ1n) is 9.35. The van der Waals surface area contributed by atoms with Crippen molar-refractivity contribution < 1.29 is 0 Å². The highest BCUT2D eigenvalue weighted by molar-refractivity contribution is 7.99. The molecule has 0 aromatic rings. The Hall–Kier alpha value is 0.270. The second-order valence-electron chi connectivity index (χ2n) is 7.44. The van der Waals surface area contributed by atoms with Crippen LogP contribution in [0, 0.1) is 5.92 Å². The van der Waals surface area contributed by atoms with Gasteiger partial charge in [0.1, 0.15) is 0 Å². The molecule has 1 heterocycles. The number of nitrogens with one attached hydrogen (secondary N) is 1. The summed E-state index contributed by atoms with van der Waals surface area (Å²) in [4.78, 5) is 2.93. The molecule has 2 aliphatic carbocycles. The molecule has 0 bridgehead atoms. The van der Waals surface area contributed by atoms with Gasteiger partial charge >= 0.3 is 0 Å². The van der Waals surface area contributed by atoms with Crippen molar-refractivity contribution in [2.24, 2.45) is 5.92 Å². The van der Waals surface area contributed by atoms with Gasteiger partial charge in [-0.05, 0) is 44.3 Å². The molecule has 3 rings (SSSR count). The molecule has 122 valence electrons. The maximum absolute atomic E-state index is 3.93. The Bertz CT molecular complexity index is 316. The van der Waals surface area contributed by atoms with Crippen LogP contribution in [0.3, 0.4) is 0 Å². The molecule has 3 fully saturated rings. The summed E-state index contributed by atoms with van der Waals surface area (Å²) < 4.78 is 0. The molecule has 1 N–H and O–H groups in total. The zero-order valence-corrected chi connectivity index (χ0v) is 14.8. The van der Waals surface area contributed by atoms with Crippen LogP contribution in [0.2, 0.25) is 0 Å². The van der Waals surface area contributed by atoms with E-state index in [4.69, 9.17) is 0 Å². The molecule has 2 saturated carbocycles. The molecule has 0 spiro atoms. The van der Waals surface area contributed by atoms with Crippen LogP contribution in [0.4, 0.5) is 0 Å². The summed E-state index contributed by atoms with van der Waals surface area (Å²) in [5, 5.41) is 4.82. The molecule has 3 aliphatic rings. The molecule has 1 aliphatic heterocycles. The Morgan fingerprint density at radius 3 is 2.57 bits per heavy atom. The molecule has 4 unspecified atom stereocenters.